The lowest BCUT2D eigenvalue weighted by molar-refractivity contribution is -0.139. The smallest absolute Gasteiger partial charge is 0.407 e. The van der Waals surface area contributed by atoms with Crippen molar-refractivity contribution in [3.8, 4) is 6.07 Å². The molecule has 0 spiro atoms. The maximum atomic E-state index is 13.2. The molecule has 2 rings (SSSR count). The molecule has 1 unspecified atom stereocenters. The number of hydrogen-bond acceptors (Lipinski definition) is 8. The van der Waals surface area contributed by atoms with Crippen molar-refractivity contribution in [2.24, 2.45) is 0 Å². The Morgan fingerprint density at radius 2 is 1.91 bits per heavy atom. The molecule has 1 amide bonds. The van der Waals surface area contributed by atoms with Crippen LogP contribution in [0, 0.1) is 11.3 Å². The Hall–Kier alpha value is -2.29. The van der Waals surface area contributed by atoms with Gasteiger partial charge in [0.1, 0.15) is 16.9 Å². The summed E-state index contributed by atoms with van der Waals surface area (Å²) in [5.41, 5.74) is -0.324. The Kier molecular flexibility index (Phi) is 8.56. The van der Waals surface area contributed by atoms with Crippen LogP contribution >= 0.6 is 11.8 Å². The molecule has 32 heavy (non-hydrogen) atoms. The van der Waals surface area contributed by atoms with E-state index in [4.69, 9.17) is 9.47 Å². The van der Waals surface area contributed by atoms with E-state index in [9.17, 15) is 23.3 Å². The number of nitrogens with zero attached hydrogens (tertiary/aromatic N) is 2. The lowest BCUT2D eigenvalue weighted by atomic mass is 10.1. The molecule has 1 aliphatic heterocycles. The Labute approximate surface area is 193 Å². The second-order valence-electron chi connectivity index (χ2n) is 8.38. The number of thioether (sulfide) groups is 1. The molecule has 1 saturated heterocycles. The highest BCUT2D eigenvalue weighted by Gasteiger charge is 2.31. The Bertz CT molecular complexity index is 990. The van der Waals surface area contributed by atoms with Gasteiger partial charge < -0.3 is 14.8 Å². The molecular formula is C21H29N3O6S2. The molecule has 0 aromatic heterocycles. The number of nitrogens with one attached hydrogen (secondary N) is 1. The average Bonchev–Trinajstić information content (AvgIpc) is 2.72. The molecule has 0 radical (unpaired) electrons. The molecule has 9 nitrogen and oxygen atoms in total. The number of piperidine rings is 1. The zero-order chi connectivity index (χ0) is 24.1. The van der Waals surface area contributed by atoms with E-state index in [0.29, 0.717) is 17.7 Å². The summed E-state index contributed by atoms with van der Waals surface area (Å²) in [7, 11) is -2.53. The first-order valence-electron chi connectivity index (χ1n) is 10.2. The largest absolute Gasteiger partial charge is 0.468 e. The molecule has 1 heterocycles. The van der Waals surface area contributed by atoms with Crippen LogP contribution in [0.2, 0.25) is 0 Å². The van der Waals surface area contributed by atoms with Gasteiger partial charge in [-0.3, -0.25) is 4.79 Å². The molecule has 1 atom stereocenters. The molecular weight excluding hydrogens is 454 g/mol. The summed E-state index contributed by atoms with van der Waals surface area (Å²) >= 11 is 1.07. The third-order valence-corrected chi connectivity index (χ3v) is 7.76. The van der Waals surface area contributed by atoms with Crippen LogP contribution < -0.4 is 5.32 Å². The van der Waals surface area contributed by atoms with Crippen LogP contribution in [0.4, 0.5) is 4.79 Å². The average molecular weight is 484 g/mol. The normalized spacial score (nSPS) is 16.6. The quantitative estimate of drug-likeness (QED) is 0.483. The highest BCUT2D eigenvalue weighted by atomic mass is 32.2. The lowest BCUT2D eigenvalue weighted by Gasteiger charge is -2.32. The number of ether oxygens (including phenoxy) is 2. The Morgan fingerprint density at radius 1 is 1.28 bits per heavy atom. The maximum Gasteiger partial charge on any atom is 0.407 e. The standard InChI is InChI=1S/C21H29N3O6S2/c1-14(19(25)29-5)31-18-12-17(7-6-15(18)13-22)32(27,28)24-10-8-16(9-11-24)23-20(26)30-21(2,3)4/h6-7,12,14,16H,8-11H2,1-5H3,(H,23,26). The predicted molar refractivity (Wildman–Crippen MR) is 120 cm³/mol. The van der Waals surface area contributed by atoms with Gasteiger partial charge in [-0.1, -0.05) is 0 Å². The van der Waals surface area contributed by atoms with E-state index >= 15 is 0 Å². The van der Waals surface area contributed by atoms with E-state index in [1.54, 1.807) is 27.7 Å². The molecule has 1 fully saturated rings. The van der Waals surface area contributed by atoms with Crippen molar-refractivity contribution in [1.82, 2.24) is 9.62 Å². The highest BCUT2D eigenvalue weighted by molar-refractivity contribution is 8.00. The fraction of sp³-hybridized carbons (Fsp3) is 0.571. The summed E-state index contributed by atoms with van der Waals surface area (Å²) in [6.07, 6.45) is 0.387. The molecule has 1 N–H and O–H groups in total. The van der Waals surface area contributed by atoms with Crippen LogP contribution in [0.1, 0.15) is 46.1 Å². The number of esters is 1. The third-order valence-electron chi connectivity index (χ3n) is 4.72. The number of amides is 1. The van der Waals surface area contributed by atoms with E-state index in [1.165, 1.54) is 29.6 Å². The SMILES string of the molecule is COC(=O)C(C)Sc1cc(S(=O)(=O)N2CCC(NC(=O)OC(C)(C)C)CC2)ccc1C#N. The van der Waals surface area contributed by atoms with E-state index < -0.39 is 32.9 Å². The minimum absolute atomic E-state index is 0.0506. The van der Waals surface area contributed by atoms with Gasteiger partial charge in [-0.05, 0) is 58.7 Å². The Balaban J connectivity index is 2.11. The van der Waals surface area contributed by atoms with Crippen molar-refractivity contribution in [2.45, 2.75) is 67.2 Å². The summed E-state index contributed by atoms with van der Waals surface area (Å²) in [4.78, 5) is 24.1. The molecule has 11 heteroatoms. The van der Waals surface area contributed by atoms with Gasteiger partial charge in [0.25, 0.3) is 0 Å². The summed E-state index contributed by atoms with van der Waals surface area (Å²) < 4.78 is 37.6. The minimum atomic E-state index is -3.80. The van der Waals surface area contributed by atoms with Gasteiger partial charge in [-0.25, -0.2) is 13.2 Å². The van der Waals surface area contributed by atoms with Gasteiger partial charge in [0.05, 0.1) is 17.6 Å². The van der Waals surface area contributed by atoms with Gasteiger partial charge in [0, 0.05) is 24.0 Å². The number of sulfonamides is 1. The van der Waals surface area contributed by atoms with Crippen molar-refractivity contribution < 1.29 is 27.5 Å². The second kappa shape index (κ2) is 10.6. The van der Waals surface area contributed by atoms with E-state index in [0.717, 1.165) is 11.8 Å². The minimum Gasteiger partial charge on any atom is -0.468 e. The van der Waals surface area contributed by atoms with E-state index in [1.807, 2.05) is 6.07 Å². The topological polar surface area (TPSA) is 126 Å². The number of nitriles is 1. The van der Waals surface area contributed by atoms with Crippen LogP contribution in [-0.2, 0) is 24.3 Å². The first-order valence-corrected chi connectivity index (χ1v) is 12.5. The van der Waals surface area contributed by atoms with Crippen molar-refractivity contribution in [3.63, 3.8) is 0 Å². The summed E-state index contributed by atoms with van der Waals surface area (Å²) in [5.74, 6) is -0.466. The maximum absolute atomic E-state index is 13.2. The number of benzene rings is 1. The molecule has 176 valence electrons. The van der Waals surface area contributed by atoms with Crippen LogP contribution in [0.25, 0.3) is 0 Å². The van der Waals surface area contributed by atoms with Gasteiger partial charge in [-0.15, -0.1) is 11.8 Å². The van der Waals surface area contributed by atoms with Crippen molar-refractivity contribution in [2.75, 3.05) is 20.2 Å². The number of rotatable bonds is 6. The number of carbonyl (C=O) groups excluding carboxylic acids is 2. The fourth-order valence-corrected chi connectivity index (χ4v) is 5.70. The van der Waals surface area contributed by atoms with Crippen molar-refractivity contribution in [1.29, 1.82) is 5.26 Å². The van der Waals surface area contributed by atoms with Gasteiger partial charge >= 0.3 is 12.1 Å². The van der Waals surface area contributed by atoms with E-state index in [-0.39, 0.29) is 29.6 Å². The first kappa shape index (κ1) is 26.0. The van der Waals surface area contributed by atoms with Crippen molar-refractivity contribution >= 4 is 33.8 Å². The summed E-state index contributed by atoms with van der Waals surface area (Å²) in [6, 6.07) is 6.10. The van der Waals surface area contributed by atoms with E-state index in [2.05, 4.69) is 5.32 Å². The summed E-state index contributed by atoms with van der Waals surface area (Å²) in [5, 5.41) is 11.5. The fourth-order valence-electron chi connectivity index (χ4n) is 3.12. The van der Waals surface area contributed by atoms with Crippen molar-refractivity contribution in [3.05, 3.63) is 23.8 Å². The monoisotopic (exact) mass is 483 g/mol. The molecule has 1 aromatic rings. The molecule has 1 aromatic carbocycles. The highest BCUT2D eigenvalue weighted by Crippen LogP contribution is 2.31. The predicted octanol–water partition coefficient (Wildman–Crippen LogP) is 2.89. The zero-order valence-electron chi connectivity index (χ0n) is 18.9. The molecule has 0 aliphatic carbocycles. The first-order chi connectivity index (χ1) is 14.9. The summed E-state index contributed by atoms with van der Waals surface area (Å²) in [6.45, 7) is 7.43. The van der Waals surface area contributed by atoms with Gasteiger partial charge in [-0.2, -0.15) is 9.57 Å². The van der Waals surface area contributed by atoms with Crippen LogP contribution in [0.5, 0.6) is 0 Å². The third kappa shape index (κ3) is 6.85. The van der Waals surface area contributed by atoms with Gasteiger partial charge in [0.15, 0.2) is 0 Å². The number of methoxy groups -OCH3 is 1. The number of alkyl carbamates (subject to hydrolysis) is 1. The number of hydrogen-bond donors (Lipinski definition) is 1. The Morgan fingerprint density at radius 3 is 2.44 bits per heavy atom. The molecule has 1 aliphatic rings. The molecule has 0 bridgehead atoms. The number of carbonyl (C=O) groups is 2. The molecule has 0 saturated carbocycles. The van der Waals surface area contributed by atoms with Crippen LogP contribution in [-0.4, -0.2) is 61.9 Å². The zero-order valence-corrected chi connectivity index (χ0v) is 20.5. The lowest BCUT2D eigenvalue weighted by Crippen LogP contribution is -2.47. The van der Waals surface area contributed by atoms with Crippen LogP contribution in [0.15, 0.2) is 28.0 Å². The second-order valence-corrected chi connectivity index (χ2v) is 11.7. The van der Waals surface area contributed by atoms with Gasteiger partial charge in [0.2, 0.25) is 10.0 Å². The van der Waals surface area contributed by atoms with Crippen LogP contribution in [0.3, 0.4) is 0 Å².